The molecule has 1 fully saturated rings. The molecule has 6 nitrogen and oxygen atoms in total. The van der Waals surface area contributed by atoms with E-state index >= 15 is 0 Å². The number of methoxy groups -OCH3 is 1. The zero-order chi connectivity index (χ0) is 27.3. The number of fused-ring (bicyclic) bond motifs is 1. The first-order chi connectivity index (χ1) is 18.9. The van der Waals surface area contributed by atoms with Crippen molar-refractivity contribution in [1.82, 2.24) is 9.78 Å². The summed E-state index contributed by atoms with van der Waals surface area (Å²) < 4.78 is 13.5. The lowest BCUT2D eigenvalue weighted by Crippen LogP contribution is -2.32. The molecule has 0 amide bonds. The van der Waals surface area contributed by atoms with E-state index in [1.54, 1.807) is 7.11 Å². The average Bonchev–Trinajstić information content (AvgIpc) is 3.73. The van der Waals surface area contributed by atoms with Crippen LogP contribution in [0.4, 0.5) is 0 Å². The number of hydrogen-bond acceptors (Lipinski definition) is 5. The Kier molecular flexibility index (Phi) is 8.50. The fraction of sp³-hybridized carbons (Fsp3) is 0.438. The molecule has 1 aromatic heterocycles. The Morgan fingerprint density at radius 3 is 2.23 bits per heavy atom. The fourth-order valence-corrected chi connectivity index (χ4v) is 5.94. The van der Waals surface area contributed by atoms with E-state index < -0.39 is 8.07 Å². The third-order valence-corrected chi connectivity index (χ3v) is 9.32. The van der Waals surface area contributed by atoms with Gasteiger partial charge in [-0.25, -0.2) is 4.68 Å². The summed E-state index contributed by atoms with van der Waals surface area (Å²) >= 11 is 0. The molecule has 2 aromatic carbocycles. The Balaban J connectivity index is 1.55. The molecule has 1 heterocycles. The van der Waals surface area contributed by atoms with E-state index in [9.17, 15) is 0 Å². The molecule has 1 saturated carbocycles. The van der Waals surface area contributed by atoms with E-state index in [0.29, 0.717) is 25.9 Å². The minimum Gasteiger partial charge on any atom is -0.393 e. The van der Waals surface area contributed by atoms with Crippen molar-refractivity contribution in [1.29, 1.82) is 0 Å². The molecule has 206 valence electrons. The number of rotatable bonds is 13. The van der Waals surface area contributed by atoms with Crippen LogP contribution in [0.3, 0.4) is 0 Å². The molecule has 0 saturated heterocycles. The number of aromatic nitrogens is 2. The number of benzene rings is 2. The van der Waals surface area contributed by atoms with Crippen molar-refractivity contribution in [3.8, 4) is 0 Å². The normalized spacial score (nSPS) is 16.8. The minimum absolute atomic E-state index is 0.297. The fourth-order valence-electron chi connectivity index (χ4n) is 5.18. The van der Waals surface area contributed by atoms with Crippen LogP contribution in [0.5, 0.6) is 0 Å². The number of oxime groups is 1. The minimum atomic E-state index is -1.19. The first kappa shape index (κ1) is 27.6. The van der Waals surface area contributed by atoms with E-state index in [-0.39, 0.29) is 5.41 Å². The Morgan fingerprint density at radius 1 is 0.974 bits per heavy atom. The van der Waals surface area contributed by atoms with Gasteiger partial charge in [-0.05, 0) is 30.0 Å². The monoisotopic (exact) mass is 543 g/mol. The summed E-state index contributed by atoms with van der Waals surface area (Å²) in [5, 5.41) is 9.74. The summed E-state index contributed by atoms with van der Waals surface area (Å²) in [5.41, 5.74) is 6.42. The molecule has 0 unspecified atom stereocenters. The number of allylic oxidation sites excluding steroid dienone is 1. The van der Waals surface area contributed by atoms with Crippen LogP contribution in [0, 0.1) is 5.92 Å². The maximum Gasteiger partial charge on any atom is 0.140 e. The van der Waals surface area contributed by atoms with Crippen LogP contribution in [0.1, 0.15) is 40.9 Å². The lowest BCUT2D eigenvalue weighted by molar-refractivity contribution is 0.0740. The van der Waals surface area contributed by atoms with Gasteiger partial charge >= 0.3 is 0 Å². The van der Waals surface area contributed by atoms with E-state index in [2.05, 4.69) is 102 Å². The zero-order valence-corrected chi connectivity index (χ0v) is 24.7. The third kappa shape index (κ3) is 6.43. The van der Waals surface area contributed by atoms with Crippen molar-refractivity contribution >= 4 is 19.9 Å². The maximum absolute atomic E-state index is 6.25. The second kappa shape index (κ2) is 12.0. The van der Waals surface area contributed by atoms with Gasteiger partial charge in [-0.1, -0.05) is 97.6 Å². The van der Waals surface area contributed by atoms with E-state index in [1.807, 2.05) is 0 Å². The van der Waals surface area contributed by atoms with Crippen LogP contribution in [-0.2, 0) is 32.9 Å². The summed E-state index contributed by atoms with van der Waals surface area (Å²) in [5.74, 6) is 0.385. The number of hydrogen-bond donors (Lipinski definition) is 0. The first-order valence-corrected chi connectivity index (χ1v) is 17.8. The number of ether oxygens (including phenoxy) is 2. The summed E-state index contributed by atoms with van der Waals surface area (Å²) in [7, 11) is 0.484. The van der Waals surface area contributed by atoms with Gasteiger partial charge in [-0.2, -0.15) is 5.10 Å². The average molecular weight is 544 g/mol. The predicted octanol–water partition coefficient (Wildman–Crippen LogP) is 6.53. The van der Waals surface area contributed by atoms with Gasteiger partial charge in [0, 0.05) is 45.1 Å². The zero-order valence-electron chi connectivity index (χ0n) is 23.7. The highest BCUT2D eigenvalue weighted by atomic mass is 28.3. The highest BCUT2D eigenvalue weighted by molar-refractivity contribution is 6.76. The van der Waals surface area contributed by atoms with E-state index in [4.69, 9.17) is 19.4 Å². The van der Waals surface area contributed by atoms with Gasteiger partial charge < -0.3 is 14.3 Å². The molecular formula is C32H41N3O3Si. The second-order valence-electron chi connectivity index (χ2n) is 11.8. The predicted molar refractivity (Wildman–Crippen MR) is 160 cm³/mol. The van der Waals surface area contributed by atoms with Crippen molar-refractivity contribution < 1.29 is 14.3 Å². The Morgan fingerprint density at radius 2 is 1.64 bits per heavy atom. The molecule has 3 aromatic rings. The number of nitrogens with zero attached hydrogens (tertiary/aromatic N) is 3. The van der Waals surface area contributed by atoms with Gasteiger partial charge in [-0.15, -0.1) is 0 Å². The summed E-state index contributed by atoms with van der Waals surface area (Å²) in [6, 6.07) is 22.7. The molecule has 7 heteroatoms. The van der Waals surface area contributed by atoms with Gasteiger partial charge in [0.1, 0.15) is 24.7 Å². The van der Waals surface area contributed by atoms with Crippen molar-refractivity contribution in [3.63, 3.8) is 0 Å². The molecule has 39 heavy (non-hydrogen) atoms. The lowest BCUT2D eigenvalue weighted by atomic mass is 9.68. The molecular weight excluding hydrogens is 502 g/mol. The molecule has 0 atom stereocenters. The van der Waals surface area contributed by atoms with E-state index in [0.717, 1.165) is 48.9 Å². The quantitative estimate of drug-likeness (QED) is 0.106. The highest BCUT2D eigenvalue weighted by Gasteiger charge is 2.40. The van der Waals surface area contributed by atoms with Gasteiger partial charge in [0.25, 0.3) is 0 Å². The van der Waals surface area contributed by atoms with E-state index in [1.165, 1.54) is 16.8 Å². The smallest absolute Gasteiger partial charge is 0.140 e. The van der Waals surface area contributed by atoms with Gasteiger partial charge in [0.15, 0.2) is 0 Å². The van der Waals surface area contributed by atoms with Crippen molar-refractivity contribution in [2.75, 3.05) is 26.9 Å². The molecule has 5 rings (SSSR count). The van der Waals surface area contributed by atoms with Gasteiger partial charge in [0.2, 0.25) is 0 Å². The largest absolute Gasteiger partial charge is 0.393 e. The van der Waals surface area contributed by atoms with Crippen LogP contribution in [0.15, 0.2) is 71.9 Å². The molecule has 2 aliphatic rings. The van der Waals surface area contributed by atoms with Crippen LogP contribution in [0.2, 0.25) is 25.7 Å². The van der Waals surface area contributed by atoms with Crippen LogP contribution in [0.25, 0.3) is 6.08 Å². The highest BCUT2D eigenvalue weighted by Crippen LogP contribution is 2.43. The van der Waals surface area contributed by atoms with Gasteiger partial charge in [-0.3, -0.25) is 0 Å². The standard InChI is InChI=1S/C32H41N3O3Si/c1-36-19-20-38-34-30(25-15-16-25)31-28-17-18-32(26-11-7-5-8-12-26,27-13-9-6-10-14-27)23-29(28)35(33-31)24-37-21-22-39(2,3)4/h5-14,17-18,25H,15-16,19-24H2,1-4H3/b34-30+. The third-order valence-electron chi connectivity index (χ3n) is 7.62. The Hall–Kier alpha value is -3.00. The topological polar surface area (TPSA) is 57.9 Å². The van der Waals surface area contributed by atoms with Crippen LogP contribution in [-0.4, -0.2) is 50.5 Å². The summed E-state index contributed by atoms with van der Waals surface area (Å²) in [4.78, 5) is 5.67. The van der Waals surface area contributed by atoms with Crippen LogP contribution < -0.4 is 0 Å². The molecule has 0 radical (unpaired) electrons. The Labute approximate surface area is 233 Å². The van der Waals surface area contributed by atoms with Gasteiger partial charge in [0.05, 0.1) is 12.3 Å². The van der Waals surface area contributed by atoms with Crippen LogP contribution >= 0.6 is 0 Å². The summed E-state index contributed by atoms with van der Waals surface area (Å²) in [6.45, 7) is 9.26. The van der Waals surface area contributed by atoms with Crippen molar-refractivity contribution in [2.45, 2.75) is 57.1 Å². The molecule has 0 aliphatic heterocycles. The molecule has 0 spiro atoms. The second-order valence-corrected chi connectivity index (χ2v) is 17.5. The molecule has 0 bridgehead atoms. The molecule has 0 N–H and O–H groups in total. The van der Waals surface area contributed by atoms with Crippen molar-refractivity contribution in [2.24, 2.45) is 11.1 Å². The SMILES string of the molecule is COCCO/N=C(/c1nn(COCC[Si](C)(C)C)c2c1C=CC(c1ccccc1)(c1ccccc1)C2)C1CC1. The lowest BCUT2D eigenvalue weighted by Gasteiger charge is -2.35. The van der Waals surface area contributed by atoms with Crippen molar-refractivity contribution in [3.05, 3.63) is 94.8 Å². The Bertz CT molecular complexity index is 1250. The first-order valence-electron chi connectivity index (χ1n) is 14.1. The summed E-state index contributed by atoms with van der Waals surface area (Å²) in [6.07, 6.45) is 7.63. The maximum atomic E-state index is 6.25. The molecule has 2 aliphatic carbocycles.